The number of hydrogen-bond acceptors (Lipinski definition) is 7. The van der Waals surface area contributed by atoms with Crippen molar-refractivity contribution in [2.45, 2.75) is 251 Å². The molecule has 0 spiro atoms. The summed E-state index contributed by atoms with van der Waals surface area (Å²) in [5.41, 5.74) is 5.37. The average Bonchev–Trinajstić information content (AvgIpc) is 3.19. The predicted molar refractivity (Wildman–Crippen MR) is 238 cm³/mol. The lowest BCUT2D eigenvalue weighted by Crippen LogP contribution is -2.28. The lowest BCUT2D eigenvalue weighted by molar-refractivity contribution is -0.154. The second kappa shape index (κ2) is 45.3. The molecule has 0 amide bonds. The van der Waals surface area contributed by atoms with Crippen LogP contribution in [0.2, 0.25) is 0 Å². The van der Waals surface area contributed by atoms with Crippen LogP contribution in [-0.2, 0) is 27.9 Å². The van der Waals surface area contributed by atoms with Crippen molar-refractivity contribution in [1.82, 2.24) is 0 Å². The Morgan fingerprint density at radius 1 is 0.518 bits per heavy atom. The summed E-state index contributed by atoms with van der Waals surface area (Å²) in [5, 5.41) is 0. The molecule has 8 nitrogen and oxygen atoms in total. The maximum Gasteiger partial charge on any atom is 0.472 e. The van der Waals surface area contributed by atoms with Gasteiger partial charge in [0.25, 0.3) is 0 Å². The molecular formula is C47H94NO7P. The highest BCUT2D eigenvalue weighted by Crippen LogP contribution is 2.43. The molecule has 2 unspecified atom stereocenters. The number of nitrogens with two attached hydrogens (primary N) is 1. The van der Waals surface area contributed by atoms with Gasteiger partial charge in [-0.2, -0.15) is 0 Å². The number of ether oxygens (including phenoxy) is 2. The molecule has 0 aliphatic carbocycles. The second-order valence-electron chi connectivity index (χ2n) is 16.3. The van der Waals surface area contributed by atoms with Crippen LogP contribution in [0.15, 0.2) is 12.2 Å². The second-order valence-corrected chi connectivity index (χ2v) is 17.8. The molecule has 0 aromatic carbocycles. The van der Waals surface area contributed by atoms with Crippen molar-refractivity contribution in [2.75, 3.05) is 33.0 Å². The van der Waals surface area contributed by atoms with Crippen LogP contribution >= 0.6 is 7.82 Å². The molecule has 0 saturated heterocycles. The zero-order valence-corrected chi connectivity index (χ0v) is 38.0. The van der Waals surface area contributed by atoms with Gasteiger partial charge in [-0.3, -0.25) is 13.8 Å². The summed E-state index contributed by atoms with van der Waals surface area (Å²) in [6.07, 6.45) is 49.7. The number of phosphoric ester groups is 1. The highest BCUT2D eigenvalue weighted by atomic mass is 31.2. The van der Waals surface area contributed by atoms with Crippen LogP contribution in [0.25, 0.3) is 0 Å². The van der Waals surface area contributed by atoms with Gasteiger partial charge in [-0.15, -0.1) is 0 Å². The molecule has 0 saturated carbocycles. The van der Waals surface area contributed by atoms with E-state index >= 15 is 0 Å². The van der Waals surface area contributed by atoms with Gasteiger partial charge < -0.3 is 20.1 Å². The Labute approximate surface area is 347 Å². The minimum absolute atomic E-state index is 0.0937. The first-order valence-corrected chi connectivity index (χ1v) is 25.7. The number of esters is 1. The van der Waals surface area contributed by atoms with Crippen LogP contribution in [0.1, 0.15) is 245 Å². The smallest absolute Gasteiger partial charge is 0.457 e. The molecule has 0 aliphatic heterocycles. The Balaban J connectivity index is 3.83. The highest BCUT2D eigenvalue weighted by molar-refractivity contribution is 7.47. The van der Waals surface area contributed by atoms with Gasteiger partial charge in [0.15, 0.2) is 0 Å². The van der Waals surface area contributed by atoms with Gasteiger partial charge in [0.2, 0.25) is 0 Å². The van der Waals surface area contributed by atoms with Gasteiger partial charge in [-0.25, -0.2) is 4.57 Å². The van der Waals surface area contributed by atoms with Crippen LogP contribution < -0.4 is 5.73 Å². The number of carbonyl (C=O) groups is 1. The van der Waals surface area contributed by atoms with Crippen molar-refractivity contribution in [3.8, 4) is 0 Å². The lowest BCUT2D eigenvalue weighted by atomic mass is 10.0. The molecule has 0 aliphatic rings. The molecule has 0 aromatic rings. The molecule has 0 aromatic heterocycles. The summed E-state index contributed by atoms with van der Waals surface area (Å²) in [5.74, 6) is -0.335. The van der Waals surface area contributed by atoms with Gasteiger partial charge >= 0.3 is 13.8 Å². The summed E-state index contributed by atoms with van der Waals surface area (Å²) in [6, 6.07) is 0. The third kappa shape index (κ3) is 44.3. The predicted octanol–water partition coefficient (Wildman–Crippen LogP) is 14.6. The number of unbranched alkanes of at least 4 members (excludes halogenated alkanes) is 32. The number of hydrogen-bond donors (Lipinski definition) is 2. The Morgan fingerprint density at radius 3 is 1.34 bits per heavy atom. The molecule has 0 heterocycles. The van der Waals surface area contributed by atoms with E-state index < -0.39 is 13.9 Å². The third-order valence-electron chi connectivity index (χ3n) is 10.7. The number of carbonyl (C=O) groups excluding carboxylic acids is 1. The van der Waals surface area contributed by atoms with Gasteiger partial charge in [0, 0.05) is 19.6 Å². The van der Waals surface area contributed by atoms with E-state index in [1.165, 1.54) is 180 Å². The van der Waals surface area contributed by atoms with Gasteiger partial charge in [0.05, 0.1) is 19.8 Å². The molecule has 0 rings (SSSR count). The molecule has 334 valence electrons. The van der Waals surface area contributed by atoms with E-state index in [2.05, 4.69) is 26.0 Å². The quantitative estimate of drug-likeness (QED) is 0.0270. The van der Waals surface area contributed by atoms with E-state index in [4.69, 9.17) is 24.3 Å². The van der Waals surface area contributed by atoms with Crippen LogP contribution in [0.3, 0.4) is 0 Å². The van der Waals surface area contributed by atoms with Crippen molar-refractivity contribution in [1.29, 1.82) is 0 Å². The number of allylic oxidation sites excluding steroid dienone is 2. The first kappa shape index (κ1) is 55.2. The highest BCUT2D eigenvalue weighted by Gasteiger charge is 2.25. The van der Waals surface area contributed by atoms with E-state index in [0.29, 0.717) is 13.0 Å². The molecule has 0 radical (unpaired) electrons. The third-order valence-corrected chi connectivity index (χ3v) is 11.7. The fraction of sp³-hybridized carbons (Fsp3) is 0.936. The van der Waals surface area contributed by atoms with Crippen molar-refractivity contribution in [3.05, 3.63) is 12.2 Å². The molecule has 3 N–H and O–H groups in total. The first-order chi connectivity index (χ1) is 27.4. The zero-order valence-electron chi connectivity index (χ0n) is 37.1. The maximum atomic E-state index is 12.6. The van der Waals surface area contributed by atoms with Gasteiger partial charge in [0.1, 0.15) is 6.10 Å². The summed E-state index contributed by atoms with van der Waals surface area (Å²) >= 11 is 0. The van der Waals surface area contributed by atoms with Gasteiger partial charge in [-0.05, 0) is 38.5 Å². The van der Waals surface area contributed by atoms with Crippen LogP contribution in [0, 0.1) is 0 Å². The minimum Gasteiger partial charge on any atom is -0.457 e. The largest absolute Gasteiger partial charge is 0.472 e. The van der Waals surface area contributed by atoms with E-state index in [-0.39, 0.29) is 32.3 Å². The molecule has 0 fully saturated rings. The summed E-state index contributed by atoms with van der Waals surface area (Å²) in [4.78, 5) is 22.5. The van der Waals surface area contributed by atoms with E-state index in [1.54, 1.807) is 0 Å². The number of rotatable bonds is 47. The topological polar surface area (TPSA) is 117 Å². The molecule has 56 heavy (non-hydrogen) atoms. The molecule has 9 heteroatoms. The van der Waals surface area contributed by atoms with E-state index in [1.807, 2.05) is 0 Å². The normalized spacial score (nSPS) is 13.4. The first-order valence-electron chi connectivity index (χ1n) is 24.2. The molecule has 2 atom stereocenters. The summed E-state index contributed by atoms with van der Waals surface area (Å²) in [6.45, 7) is 4.94. The van der Waals surface area contributed by atoms with E-state index in [9.17, 15) is 14.3 Å². The minimum atomic E-state index is -4.27. The standard InChI is InChI=1S/C47H94NO7P/c1-3-5-7-9-11-13-15-17-18-19-20-21-22-23-24-25-26-27-28-29-31-33-35-37-39-42-52-44-46(45-54-56(50,51)53-43-41-48)55-47(49)40-38-36-34-32-30-16-14-12-10-8-6-4-2/h12,14,46H,3-11,13,15-45,48H2,1-2H3,(H,50,51)/b14-12-. The van der Waals surface area contributed by atoms with E-state index in [0.717, 1.165) is 44.9 Å². The zero-order chi connectivity index (χ0) is 40.9. The van der Waals surface area contributed by atoms with Crippen LogP contribution in [0.4, 0.5) is 0 Å². The van der Waals surface area contributed by atoms with Crippen molar-refractivity contribution >= 4 is 13.8 Å². The van der Waals surface area contributed by atoms with Gasteiger partial charge in [-0.1, -0.05) is 212 Å². The Bertz CT molecular complexity index is 873. The SMILES string of the molecule is CCCCC/C=C\CCCCCCCC(=O)OC(COCCCCCCCCCCCCCCCCCCCCCCCCCCC)COP(=O)(O)OCCN. The van der Waals surface area contributed by atoms with Crippen LogP contribution in [-0.4, -0.2) is 49.9 Å². The molecular weight excluding hydrogens is 721 g/mol. The van der Waals surface area contributed by atoms with Crippen molar-refractivity contribution in [3.63, 3.8) is 0 Å². The Kier molecular flexibility index (Phi) is 44.7. The van der Waals surface area contributed by atoms with Crippen molar-refractivity contribution < 1.29 is 32.8 Å². The number of phosphoric acid groups is 1. The summed E-state index contributed by atoms with van der Waals surface area (Å²) < 4.78 is 33.5. The lowest BCUT2D eigenvalue weighted by Gasteiger charge is -2.20. The monoisotopic (exact) mass is 816 g/mol. The Morgan fingerprint density at radius 2 is 0.893 bits per heavy atom. The van der Waals surface area contributed by atoms with Crippen LogP contribution in [0.5, 0.6) is 0 Å². The maximum absolute atomic E-state index is 12.6. The Hall–Kier alpha value is -0.760. The fourth-order valence-corrected chi connectivity index (χ4v) is 7.88. The van der Waals surface area contributed by atoms with Crippen molar-refractivity contribution in [2.24, 2.45) is 5.73 Å². The molecule has 0 bridgehead atoms. The average molecular weight is 816 g/mol. The summed E-state index contributed by atoms with van der Waals surface area (Å²) in [7, 11) is -4.27. The fourth-order valence-electron chi connectivity index (χ4n) is 7.11.